The van der Waals surface area contributed by atoms with E-state index in [9.17, 15) is 4.79 Å². The summed E-state index contributed by atoms with van der Waals surface area (Å²) in [6.07, 6.45) is 6.72. The van der Waals surface area contributed by atoms with Gasteiger partial charge in [0.25, 0.3) is 0 Å². The molecule has 0 radical (unpaired) electrons. The quantitative estimate of drug-likeness (QED) is 0.776. The summed E-state index contributed by atoms with van der Waals surface area (Å²) >= 11 is 1.54. The highest BCUT2D eigenvalue weighted by atomic mass is 35.5. The van der Waals surface area contributed by atoms with Crippen molar-refractivity contribution >= 4 is 47.2 Å². The number of halogens is 2. The number of carbonyl (C=O) groups excluding carboxylic acids is 1. The Balaban J connectivity index is 0.00000144. The van der Waals surface area contributed by atoms with E-state index in [0.717, 1.165) is 36.9 Å². The van der Waals surface area contributed by atoms with Gasteiger partial charge in [0, 0.05) is 18.3 Å². The third kappa shape index (κ3) is 6.84. The Hall–Kier alpha value is -0.400. The third-order valence-corrected chi connectivity index (χ3v) is 5.38. The summed E-state index contributed by atoms with van der Waals surface area (Å²) in [5, 5.41) is 9.12. The first kappa shape index (κ1) is 21.6. The van der Waals surface area contributed by atoms with Crippen molar-refractivity contribution in [3.8, 4) is 0 Å². The molecule has 3 rings (SSSR count). The third-order valence-electron chi connectivity index (χ3n) is 4.57. The maximum atomic E-state index is 12.0. The van der Waals surface area contributed by atoms with Gasteiger partial charge in [0.2, 0.25) is 5.91 Å². The summed E-state index contributed by atoms with van der Waals surface area (Å²) in [6, 6.07) is 0. The number of thiazole rings is 1. The normalized spacial score (nSPS) is 20.9. The number of nitrogens with zero attached hydrogens (tertiary/aromatic N) is 2. The first-order valence-corrected chi connectivity index (χ1v) is 9.35. The monoisotopic (exact) mass is 394 g/mol. The van der Waals surface area contributed by atoms with Crippen molar-refractivity contribution < 1.29 is 4.79 Å². The summed E-state index contributed by atoms with van der Waals surface area (Å²) in [5.74, 6) is 0.766. The maximum Gasteiger partial charge on any atom is 0.226 e. The molecule has 0 aromatic carbocycles. The fourth-order valence-electron chi connectivity index (χ4n) is 3.26. The molecule has 8 heteroatoms. The van der Waals surface area contributed by atoms with Gasteiger partial charge in [-0.25, -0.2) is 4.98 Å². The number of aromatic nitrogens is 1. The molecule has 0 aliphatic carbocycles. The lowest BCUT2D eigenvalue weighted by molar-refractivity contribution is -0.116. The van der Waals surface area contributed by atoms with Gasteiger partial charge < -0.3 is 10.6 Å². The number of nitrogens with one attached hydrogen (secondary N) is 2. The largest absolute Gasteiger partial charge is 0.316 e. The Bertz CT molecular complexity index is 488. The predicted molar refractivity (Wildman–Crippen MR) is 105 cm³/mol. The number of rotatable bonds is 6. The molecular weight excluding hydrogens is 367 g/mol. The van der Waals surface area contributed by atoms with E-state index in [4.69, 9.17) is 0 Å². The van der Waals surface area contributed by atoms with Crippen LogP contribution in [0.4, 0.5) is 5.13 Å². The van der Waals surface area contributed by atoms with Gasteiger partial charge in [-0.15, -0.1) is 36.2 Å². The van der Waals surface area contributed by atoms with Crippen molar-refractivity contribution in [1.82, 2.24) is 15.2 Å². The Kier molecular flexibility index (Phi) is 10.2. The summed E-state index contributed by atoms with van der Waals surface area (Å²) in [5.41, 5.74) is 1.09. The van der Waals surface area contributed by atoms with E-state index in [1.54, 1.807) is 11.3 Å². The highest BCUT2D eigenvalue weighted by Crippen LogP contribution is 2.20. The molecule has 1 unspecified atom stereocenters. The van der Waals surface area contributed by atoms with Crippen LogP contribution in [-0.4, -0.2) is 42.0 Å². The average molecular weight is 395 g/mol. The molecule has 1 amide bonds. The van der Waals surface area contributed by atoms with E-state index >= 15 is 0 Å². The van der Waals surface area contributed by atoms with Gasteiger partial charge in [-0.2, -0.15) is 0 Å². The molecule has 2 N–H and O–H groups in total. The van der Waals surface area contributed by atoms with Crippen LogP contribution in [-0.2, 0) is 11.3 Å². The predicted octanol–water partition coefficient (Wildman–Crippen LogP) is 3.30. The van der Waals surface area contributed by atoms with Crippen LogP contribution in [0.15, 0.2) is 5.38 Å². The van der Waals surface area contributed by atoms with Crippen molar-refractivity contribution in [2.24, 2.45) is 5.92 Å². The molecule has 24 heavy (non-hydrogen) atoms. The zero-order valence-electron chi connectivity index (χ0n) is 14.0. The zero-order valence-corrected chi connectivity index (χ0v) is 16.4. The van der Waals surface area contributed by atoms with Crippen LogP contribution >= 0.6 is 36.2 Å². The number of hydrogen-bond donors (Lipinski definition) is 2. The topological polar surface area (TPSA) is 57.3 Å². The van der Waals surface area contributed by atoms with Gasteiger partial charge in [-0.1, -0.05) is 6.42 Å². The second-order valence-corrected chi connectivity index (χ2v) is 7.28. The SMILES string of the molecule is Cl.Cl.O=C(CCC1CCNC1)Nc1nc(CN2CCCCC2)cs1. The Labute approximate surface area is 160 Å². The van der Waals surface area contributed by atoms with Gasteiger partial charge >= 0.3 is 0 Å². The highest BCUT2D eigenvalue weighted by Gasteiger charge is 2.17. The molecule has 2 aliphatic rings. The summed E-state index contributed by atoms with van der Waals surface area (Å²) < 4.78 is 0. The smallest absolute Gasteiger partial charge is 0.226 e. The lowest BCUT2D eigenvalue weighted by Crippen LogP contribution is -2.29. The van der Waals surface area contributed by atoms with Crippen molar-refractivity contribution in [3.05, 3.63) is 11.1 Å². The Morgan fingerprint density at radius 3 is 2.83 bits per heavy atom. The standard InChI is InChI=1S/C16H26N4OS.2ClH/c21-15(5-4-13-6-7-17-10-13)19-16-18-14(12-22-16)11-20-8-2-1-3-9-20;;/h12-13,17H,1-11H2,(H,18,19,21);2*1H. The Morgan fingerprint density at radius 1 is 1.33 bits per heavy atom. The van der Waals surface area contributed by atoms with Gasteiger partial charge in [-0.05, 0) is 57.8 Å². The average Bonchev–Trinajstić information content (AvgIpc) is 3.18. The molecule has 3 heterocycles. The molecule has 2 aliphatic heterocycles. The van der Waals surface area contributed by atoms with E-state index in [-0.39, 0.29) is 30.7 Å². The van der Waals surface area contributed by atoms with Gasteiger partial charge in [0.05, 0.1) is 5.69 Å². The molecule has 1 aromatic rings. The molecule has 138 valence electrons. The van der Waals surface area contributed by atoms with E-state index in [2.05, 4.69) is 25.9 Å². The molecule has 1 aromatic heterocycles. The molecule has 2 saturated heterocycles. The van der Waals surface area contributed by atoms with Crippen molar-refractivity contribution in [2.75, 3.05) is 31.5 Å². The van der Waals surface area contributed by atoms with E-state index < -0.39 is 0 Å². The van der Waals surface area contributed by atoms with Crippen LogP contribution in [0.2, 0.25) is 0 Å². The number of amides is 1. The summed E-state index contributed by atoms with van der Waals surface area (Å²) in [6.45, 7) is 5.42. The number of piperidine rings is 1. The molecule has 2 fully saturated rings. The summed E-state index contributed by atoms with van der Waals surface area (Å²) in [7, 11) is 0. The lowest BCUT2D eigenvalue weighted by Gasteiger charge is -2.25. The van der Waals surface area contributed by atoms with E-state index in [1.807, 2.05) is 0 Å². The van der Waals surface area contributed by atoms with Gasteiger partial charge in [-0.3, -0.25) is 9.69 Å². The first-order valence-electron chi connectivity index (χ1n) is 8.47. The fraction of sp³-hybridized carbons (Fsp3) is 0.750. The van der Waals surface area contributed by atoms with Crippen LogP contribution in [0.1, 0.15) is 44.2 Å². The molecule has 0 spiro atoms. The minimum atomic E-state index is 0. The maximum absolute atomic E-state index is 12.0. The second kappa shape index (κ2) is 11.3. The minimum Gasteiger partial charge on any atom is -0.316 e. The summed E-state index contributed by atoms with van der Waals surface area (Å²) in [4.78, 5) is 19.0. The molecule has 1 atom stereocenters. The molecule has 0 saturated carbocycles. The molecular formula is C16H28Cl2N4OS. The number of carbonyl (C=O) groups is 1. The van der Waals surface area contributed by atoms with E-state index in [0.29, 0.717) is 12.3 Å². The second-order valence-electron chi connectivity index (χ2n) is 6.43. The minimum absolute atomic E-state index is 0. The number of hydrogen-bond acceptors (Lipinski definition) is 5. The number of anilines is 1. The fourth-order valence-corrected chi connectivity index (χ4v) is 3.98. The van der Waals surface area contributed by atoms with Crippen molar-refractivity contribution in [2.45, 2.75) is 45.1 Å². The van der Waals surface area contributed by atoms with Crippen LogP contribution in [0.5, 0.6) is 0 Å². The lowest BCUT2D eigenvalue weighted by atomic mass is 10.0. The van der Waals surface area contributed by atoms with Crippen molar-refractivity contribution in [1.29, 1.82) is 0 Å². The van der Waals surface area contributed by atoms with Crippen LogP contribution < -0.4 is 10.6 Å². The van der Waals surface area contributed by atoms with E-state index in [1.165, 1.54) is 38.8 Å². The molecule has 0 bridgehead atoms. The molecule has 5 nitrogen and oxygen atoms in total. The Morgan fingerprint density at radius 2 is 2.12 bits per heavy atom. The van der Waals surface area contributed by atoms with Gasteiger partial charge in [0.15, 0.2) is 5.13 Å². The highest BCUT2D eigenvalue weighted by molar-refractivity contribution is 7.13. The van der Waals surface area contributed by atoms with Crippen molar-refractivity contribution in [3.63, 3.8) is 0 Å². The first-order chi connectivity index (χ1) is 10.8. The zero-order chi connectivity index (χ0) is 15.2. The van der Waals surface area contributed by atoms with Gasteiger partial charge in [0.1, 0.15) is 0 Å². The number of likely N-dealkylation sites (tertiary alicyclic amines) is 1. The van der Waals surface area contributed by atoms with Crippen LogP contribution in [0.25, 0.3) is 0 Å². The van der Waals surface area contributed by atoms with Crippen LogP contribution in [0.3, 0.4) is 0 Å². The van der Waals surface area contributed by atoms with Crippen LogP contribution in [0, 0.1) is 5.92 Å².